The first-order valence-electron chi connectivity index (χ1n) is 10.3. The van der Waals surface area contributed by atoms with Crippen molar-refractivity contribution in [3.05, 3.63) is 105 Å². The molecule has 3 aromatic carbocycles. The summed E-state index contributed by atoms with van der Waals surface area (Å²) in [6.07, 6.45) is 1.68. The van der Waals surface area contributed by atoms with Gasteiger partial charge in [0.25, 0.3) is 0 Å². The standard InChI is InChI=1S/C26H19BrClN3O2/c1-16-21(14-29-30-26(32)25-13-18-12-19(27)10-11-24(18)33-25)20-7-3-5-9-23(20)31(16)15-17-6-2-4-8-22(17)28/h2-14H,15H2,1H3,(H,30,32)/b29-14+. The Hall–Kier alpha value is -3.35. The number of carbonyl (C=O) groups excluding carboxylic acids is 1. The minimum atomic E-state index is -0.406. The molecular formula is C26H19BrClN3O2. The SMILES string of the molecule is Cc1c(/C=N/NC(=O)c2cc3cc(Br)ccc3o2)c2ccccc2n1Cc1ccccc1Cl. The number of nitrogens with one attached hydrogen (secondary N) is 1. The fourth-order valence-corrected chi connectivity index (χ4v) is 4.53. The van der Waals surface area contributed by atoms with Gasteiger partial charge in [0.05, 0.1) is 6.21 Å². The van der Waals surface area contributed by atoms with Crippen molar-refractivity contribution >= 4 is 61.5 Å². The van der Waals surface area contributed by atoms with E-state index in [0.717, 1.165) is 42.6 Å². The number of nitrogens with zero attached hydrogens (tertiary/aromatic N) is 2. The molecule has 33 heavy (non-hydrogen) atoms. The summed E-state index contributed by atoms with van der Waals surface area (Å²) < 4.78 is 8.77. The first-order chi connectivity index (χ1) is 16.0. The Morgan fingerprint density at radius 1 is 1.12 bits per heavy atom. The zero-order valence-electron chi connectivity index (χ0n) is 17.7. The van der Waals surface area contributed by atoms with Crippen LogP contribution >= 0.6 is 27.5 Å². The van der Waals surface area contributed by atoms with Crippen LogP contribution in [0.4, 0.5) is 0 Å². The van der Waals surface area contributed by atoms with Crippen molar-refractivity contribution in [1.82, 2.24) is 9.99 Å². The lowest BCUT2D eigenvalue weighted by molar-refractivity contribution is 0.0929. The molecule has 1 amide bonds. The molecule has 0 spiro atoms. The number of aromatic nitrogens is 1. The van der Waals surface area contributed by atoms with Crippen LogP contribution in [0.2, 0.25) is 5.02 Å². The minimum absolute atomic E-state index is 0.207. The number of hydrogen-bond donors (Lipinski definition) is 1. The summed E-state index contributed by atoms with van der Waals surface area (Å²) in [4.78, 5) is 12.6. The van der Waals surface area contributed by atoms with E-state index >= 15 is 0 Å². The first kappa shape index (κ1) is 21.5. The second kappa shape index (κ2) is 8.89. The van der Waals surface area contributed by atoms with Gasteiger partial charge < -0.3 is 8.98 Å². The molecule has 5 rings (SSSR count). The Balaban J connectivity index is 1.43. The Morgan fingerprint density at radius 3 is 2.76 bits per heavy atom. The number of para-hydroxylation sites is 1. The maximum atomic E-state index is 12.6. The van der Waals surface area contributed by atoms with Gasteiger partial charge in [0.2, 0.25) is 0 Å². The van der Waals surface area contributed by atoms with Crippen LogP contribution in [0.5, 0.6) is 0 Å². The van der Waals surface area contributed by atoms with E-state index in [2.05, 4.69) is 37.1 Å². The van der Waals surface area contributed by atoms with Crippen LogP contribution in [-0.2, 0) is 6.54 Å². The highest BCUT2D eigenvalue weighted by molar-refractivity contribution is 9.10. The number of carbonyl (C=O) groups is 1. The molecule has 0 fully saturated rings. The molecule has 0 atom stereocenters. The molecule has 2 aromatic heterocycles. The molecule has 0 aliphatic rings. The van der Waals surface area contributed by atoms with Crippen LogP contribution in [0.1, 0.15) is 27.4 Å². The summed E-state index contributed by atoms with van der Waals surface area (Å²) >= 11 is 9.82. The van der Waals surface area contributed by atoms with E-state index in [1.165, 1.54) is 0 Å². The Kier molecular flexibility index (Phi) is 5.79. The van der Waals surface area contributed by atoms with E-state index < -0.39 is 5.91 Å². The van der Waals surface area contributed by atoms with Crippen LogP contribution in [0.25, 0.3) is 21.9 Å². The smallest absolute Gasteiger partial charge is 0.307 e. The molecule has 2 heterocycles. The second-order valence-corrected chi connectivity index (χ2v) is 9.01. The number of rotatable bonds is 5. The largest absolute Gasteiger partial charge is 0.451 e. The average molecular weight is 521 g/mol. The Morgan fingerprint density at radius 2 is 1.91 bits per heavy atom. The van der Waals surface area contributed by atoms with Crippen molar-refractivity contribution in [3.63, 3.8) is 0 Å². The number of hydrogen-bond acceptors (Lipinski definition) is 3. The van der Waals surface area contributed by atoms with Crippen molar-refractivity contribution in [2.24, 2.45) is 5.10 Å². The van der Waals surface area contributed by atoms with Gasteiger partial charge in [-0.3, -0.25) is 4.79 Å². The van der Waals surface area contributed by atoms with Gasteiger partial charge in [-0.15, -0.1) is 0 Å². The van der Waals surface area contributed by atoms with Crippen LogP contribution in [0.15, 0.2) is 86.8 Å². The molecule has 0 aliphatic carbocycles. The van der Waals surface area contributed by atoms with Crippen LogP contribution in [-0.4, -0.2) is 16.7 Å². The number of halogens is 2. The molecule has 7 heteroatoms. The maximum absolute atomic E-state index is 12.6. The predicted molar refractivity (Wildman–Crippen MR) is 136 cm³/mol. The van der Waals surface area contributed by atoms with Crippen molar-refractivity contribution in [2.45, 2.75) is 13.5 Å². The van der Waals surface area contributed by atoms with E-state index in [0.29, 0.717) is 12.1 Å². The quantitative estimate of drug-likeness (QED) is 0.202. The number of hydrazone groups is 1. The molecule has 0 aliphatic heterocycles. The lowest BCUT2D eigenvalue weighted by Crippen LogP contribution is -2.16. The van der Waals surface area contributed by atoms with Crippen molar-refractivity contribution in [1.29, 1.82) is 0 Å². The first-order valence-corrected chi connectivity index (χ1v) is 11.5. The van der Waals surface area contributed by atoms with Crippen LogP contribution < -0.4 is 5.43 Å². The number of fused-ring (bicyclic) bond motifs is 2. The molecule has 0 unspecified atom stereocenters. The van der Waals surface area contributed by atoms with Crippen LogP contribution in [0, 0.1) is 6.92 Å². The summed E-state index contributed by atoms with van der Waals surface area (Å²) in [6.45, 7) is 2.68. The number of amides is 1. The van der Waals surface area contributed by atoms with E-state index in [9.17, 15) is 4.79 Å². The summed E-state index contributed by atoms with van der Waals surface area (Å²) in [5, 5.41) is 6.85. The highest BCUT2D eigenvalue weighted by Crippen LogP contribution is 2.27. The fraction of sp³-hybridized carbons (Fsp3) is 0.0769. The van der Waals surface area contributed by atoms with Gasteiger partial charge in [-0.25, -0.2) is 5.43 Å². The minimum Gasteiger partial charge on any atom is -0.451 e. The maximum Gasteiger partial charge on any atom is 0.307 e. The average Bonchev–Trinajstić information content (AvgIpc) is 3.35. The van der Waals surface area contributed by atoms with Crippen LogP contribution in [0.3, 0.4) is 0 Å². The monoisotopic (exact) mass is 519 g/mol. The molecule has 1 N–H and O–H groups in total. The molecule has 0 saturated carbocycles. The number of benzene rings is 3. The summed E-state index contributed by atoms with van der Waals surface area (Å²) in [5.74, 6) is -0.200. The van der Waals surface area contributed by atoms with Gasteiger partial charge in [-0.1, -0.05) is 63.9 Å². The molecule has 0 radical (unpaired) electrons. The Labute approximate surface area is 203 Å². The molecule has 5 nitrogen and oxygen atoms in total. The topological polar surface area (TPSA) is 59.5 Å². The third-order valence-corrected chi connectivity index (χ3v) is 6.49. The normalized spacial score (nSPS) is 11.6. The summed E-state index contributed by atoms with van der Waals surface area (Å²) in [7, 11) is 0. The molecule has 164 valence electrons. The van der Waals surface area contributed by atoms with Gasteiger partial charge in [-0.05, 0) is 48.9 Å². The number of furan rings is 1. The van der Waals surface area contributed by atoms with Crippen molar-refractivity contribution in [3.8, 4) is 0 Å². The predicted octanol–water partition coefficient (Wildman–Crippen LogP) is 6.92. The van der Waals surface area contributed by atoms with Gasteiger partial charge in [0, 0.05) is 43.6 Å². The van der Waals surface area contributed by atoms with E-state index in [1.54, 1.807) is 12.3 Å². The summed E-state index contributed by atoms with van der Waals surface area (Å²) in [5.41, 5.74) is 7.30. The van der Waals surface area contributed by atoms with E-state index in [-0.39, 0.29) is 5.76 Å². The van der Waals surface area contributed by atoms with Gasteiger partial charge in [-0.2, -0.15) is 5.10 Å². The van der Waals surface area contributed by atoms with Gasteiger partial charge >= 0.3 is 5.91 Å². The van der Waals surface area contributed by atoms with Crippen molar-refractivity contribution in [2.75, 3.05) is 0 Å². The molecule has 0 bridgehead atoms. The van der Waals surface area contributed by atoms with Crippen molar-refractivity contribution < 1.29 is 9.21 Å². The third-order valence-electron chi connectivity index (χ3n) is 5.63. The lowest BCUT2D eigenvalue weighted by Gasteiger charge is -2.10. The summed E-state index contributed by atoms with van der Waals surface area (Å²) in [6, 6.07) is 23.2. The molecular weight excluding hydrogens is 502 g/mol. The highest BCUT2D eigenvalue weighted by Gasteiger charge is 2.15. The van der Waals surface area contributed by atoms with E-state index in [1.807, 2.05) is 67.6 Å². The van der Waals surface area contributed by atoms with Gasteiger partial charge in [0.15, 0.2) is 5.76 Å². The third kappa shape index (κ3) is 4.19. The lowest BCUT2D eigenvalue weighted by atomic mass is 10.1. The molecule has 0 saturated heterocycles. The Bertz CT molecular complexity index is 1530. The zero-order valence-corrected chi connectivity index (χ0v) is 20.0. The fourth-order valence-electron chi connectivity index (χ4n) is 3.96. The molecule has 5 aromatic rings. The highest BCUT2D eigenvalue weighted by atomic mass is 79.9. The zero-order chi connectivity index (χ0) is 22.9. The second-order valence-electron chi connectivity index (χ2n) is 7.69. The van der Waals surface area contributed by atoms with Gasteiger partial charge in [0.1, 0.15) is 5.58 Å². The van der Waals surface area contributed by atoms with E-state index in [4.69, 9.17) is 16.0 Å².